The molecule has 0 atom stereocenters. The third-order valence-corrected chi connectivity index (χ3v) is 4.39. The second kappa shape index (κ2) is 7.98. The monoisotopic (exact) mass is 405 g/mol. The molecule has 2 aromatic heterocycles. The first kappa shape index (κ1) is 19.2. The van der Waals surface area contributed by atoms with E-state index in [-0.39, 0.29) is 17.3 Å². The highest BCUT2D eigenvalue weighted by atomic mass is 35.5. The van der Waals surface area contributed by atoms with Gasteiger partial charge in [-0.3, -0.25) is 0 Å². The molecule has 0 aliphatic carbocycles. The molecule has 0 N–H and O–H groups in total. The highest BCUT2D eigenvalue weighted by Crippen LogP contribution is 2.24. The molecule has 0 bridgehead atoms. The molecule has 0 amide bonds. The van der Waals surface area contributed by atoms with E-state index in [0.29, 0.717) is 22.2 Å². The van der Waals surface area contributed by atoms with Gasteiger partial charge in [-0.15, -0.1) is 0 Å². The van der Waals surface area contributed by atoms with E-state index in [9.17, 15) is 4.79 Å². The fraction of sp³-hybridized carbons (Fsp3) is 0.211. The normalized spacial score (nSPS) is 10.7. The molecular formula is C19H17Cl2N3O3. The number of esters is 1. The number of hydrogen-bond acceptors (Lipinski definition) is 5. The van der Waals surface area contributed by atoms with Crippen LogP contribution in [0.15, 0.2) is 36.4 Å². The summed E-state index contributed by atoms with van der Waals surface area (Å²) in [6.45, 7) is 3.76. The number of hydrogen-bond donors (Lipinski definition) is 0. The summed E-state index contributed by atoms with van der Waals surface area (Å²) < 4.78 is 12.3. The van der Waals surface area contributed by atoms with Crippen LogP contribution in [0.25, 0.3) is 5.82 Å². The maximum absolute atomic E-state index is 12.5. The molecule has 1 aromatic carbocycles. The summed E-state index contributed by atoms with van der Waals surface area (Å²) in [5, 5.41) is 5.08. The van der Waals surface area contributed by atoms with Crippen molar-refractivity contribution in [2.75, 3.05) is 7.11 Å². The van der Waals surface area contributed by atoms with Crippen LogP contribution in [0, 0.1) is 13.8 Å². The first-order chi connectivity index (χ1) is 12.9. The van der Waals surface area contributed by atoms with Gasteiger partial charge in [-0.1, -0.05) is 23.2 Å². The number of methoxy groups -OCH3 is 1. The summed E-state index contributed by atoms with van der Waals surface area (Å²) in [5.74, 6) is 0.408. The predicted octanol–water partition coefficient (Wildman–Crippen LogP) is 4.56. The van der Waals surface area contributed by atoms with Gasteiger partial charge >= 0.3 is 5.97 Å². The number of aryl methyl sites for hydroxylation is 2. The SMILES string of the molecule is COc1ccc(Cl)cc1COC(=O)c1nc(-n2nc(C)cc2C)ccc1Cl. The van der Waals surface area contributed by atoms with Gasteiger partial charge in [-0.25, -0.2) is 14.5 Å². The number of rotatable bonds is 5. The average Bonchev–Trinajstić information content (AvgIpc) is 2.98. The van der Waals surface area contributed by atoms with E-state index in [1.165, 1.54) is 7.11 Å². The van der Waals surface area contributed by atoms with Crippen molar-refractivity contribution >= 4 is 29.2 Å². The van der Waals surface area contributed by atoms with Gasteiger partial charge < -0.3 is 9.47 Å². The van der Waals surface area contributed by atoms with Crippen molar-refractivity contribution < 1.29 is 14.3 Å². The molecule has 0 unspecified atom stereocenters. The molecular weight excluding hydrogens is 389 g/mol. The maximum atomic E-state index is 12.5. The summed E-state index contributed by atoms with van der Waals surface area (Å²) >= 11 is 12.1. The van der Waals surface area contributed by atoms with Gasteiger partial charge in [-0.2, -0.15) is 5.10 Å². The minimum atomic E-state index is -0.648. The fourth-order valence-corrected chi connectivity index (χ4v) is 3.00. The number of aromatic nitrogens is 3. The Hall–Kier alpha value is -2.57. The van der Waals surface area contributed by atoms with Crippen LogP contribution in [0.3, 0.4) is 0 Å². The molecule has 0 saturated heterocycles. The molecule has 0 spiro atoms. The van der Waals surface area contributed by atoms with Crippen LogP contribution in [0.2, 0.25) is 10.0 Å². The second-order valence-electron chi connectivity index (χ2n) is 5.87. The molecule has 6 nitrogen and oxygen atoms in total. The van der Waals surface area contributed by atoms with E-state index >= 15 is 0 Å². The van der Waals surface area contributed by atoms with Crippen molar-refractivity contribution in [1.82, 2.24) is 14.8 Å². The Morgan fingerprint density at radius 2 is 1.93 bits per heavy atom. The minimum absolute atomic E-state index is 0.0164. The van der Waals surface area contributed by atoms with Crippen molar-refractivity contribution in [3.05, 3.63) is 69.1 Å². The van der Waals surface area contributed by atoms with Crippen LogP contribution in [-0.4, -0.2) is 27.8 Å². The Kier molecular flexibility index (Phi) is 5.68. The topological polar surface area (TPSA) is 66.2 Å². The molecule has 2 heterocycles. The smallest absolute Gasteiger partial charge is 0.358 e. The first-order valence-corrected chi connectivity index (χ1v) is 8.84. The van der Waals surface area contributed by atoms with E-state index in [1.54, 1.807) is 35.0 Å². The summed E-state index contributed by atoms with van der Waals surface area (Å²) in [4.78, 5) is 16.9. The molecule has 3 rings (SSSR count). The number of carbonyl (C=O) groups excluding carboxylic acids is 1. The van der Waals surface area contributed by atoms with Gasteiger partial charge in [0.2, 0.25) is 0 Å². The zero-order chi connectivity index (χ0) is 19.6. The van der Waals surface area contributed by atoms with Crippen LogP contribution in [0.5, 0.6) is 5.75 Å². The Labute approximate surface area is 166 Å². The molecule has 3 aromatic rings. The second-order valence-corrected chi connectivity index (χ2v) is 6.71. The standard InChI is InChI=1S/C19H17Cl2N3O3/c1-11-8-12(2)24(23-11)17-7-5-15(21)18(22-17)19(25)27-10-13-9-14(20)4-6-16(13)26-3/h4-9H,10H2,1-3H3. The molecule has 0 fully saturated rings. The summed E-state index contributed by atoms with van der Waals surface area (Å²) in [6.07, 6.45) is 0. The lowest BCUT2D eigenvalue weighted by atomic mass is 10.2. The lowest BCUT2D eigenvalue weighted by Gasteiger charge is -2.11. The minimum Gasteiger partial charge on any atom is -0.496 e. The van der Waals surface area contributed by atoms with Crippen molar-refractivity contribution in [3.63, 3.8) is 0 Å². The number of halogens is 2. The van der Waals surface area contributed by atoms with Crippen molar-refractivity contribution in [2.24, 2.45) is 0 Å². The zero-order valence-electron chi connectivity index (χ0n) is 15.0. The van der Waals surface area contributed by atoms with Gasteiger partial charge in [0.1, 0.15) is 12.4 Å². The Morgan fingerprint density at radius 3 is 2.59 bits per heavy atom. The molecule has 0 aliphatic rings. The summed E-state index contributed by atoms with van der Waals surface area (Å²) in [5.41, 5.74) is 2.40. The Morgan fingerprint density at radius 1 is 1.15 bits per heavy atom. The molecule has 140 valence electrons. The number of nitrogens with zero attached hydrogens (tertiary/aromatic N) is 3. The molecule has 0 aliphatic heterocycles. The lowest BCUT2D eigenvalue weighted by Crippen LogP contribution is -2.12. The number of pyridine rings is 1. The highest BCUT2D eigenvalue weighted by molar-refractivity contribution is 6.33. The first-order valence-electron chi connectivity index (χ1n) is 8.08. The van der Waals surface area contributed by atoms with Gasteiger partial charge in [-0.05, 0) is 50.2 Å². The molecule has 0 radical (unpaired) electrons. The van der Waals surface area contributed by atoms with Crippen molar-refractivity contribution in [1.29, 1.82) is 0 Å². The Bertz CT molecular complexity index is 1000. The highest BCUT2D eigenvalue weighted by Gasteiger charge is 2.17. The third kappa shape index (κ3) is 4.23. The van der Waals surface area contributed by atoms with Crippen LogP contribution < -0.4 is 4.74 Å². The largest absolute Gasteiger partial charge is 0.496 e. The third-order valence-electron chi connectivity index (χ3n) is 3.85. The molecule has 0 saturated carbocycles. The average molecular weight is 406 g/mol. The van der Waals surface area contributed by atoms with Gasteiger partial charge in [0.25, 0.3) is 0 Å². The van der Waals surface area contributed by atoms with Gasteiger partial charge in [0, 0.05) is 16.3 Å². The van der Waals surface area contributed by atoms with Crippen LogP contribution in [0.4, 0.5) is 0 Å². The number of benzene rings is 1. The van der Waals surface area contributed by atoms with E-state index in [4.69, 9.17) is 32.7 Å². The quantitative estimate of drug-likeness (QED) is 0.582. The summed E-state index contributed by atoms with van der Waals surface area (Å²) in [6, 6.07) is 10.3. The van der Waals surface area contributed by atoms with Crippen LogP contribution >= 0.6 is 23.2 Å². The number of carbonyl (C=O) groups is 1. The van der Waals surface area contributed by atoms with Crippen LogP contribution in [0.1, 0.15) is 27.4 Å². The zero-order valence-corrected chi connectivity index (χ0v) is 16.5. The number of ether oxygens (including phenoxy) is 2. The van der Waals surface area contributed by atoms with Gasteiger partial charge in [0.15, 0.2) is 11.5 Å². The maximum Gasteiger partial charge on any atom is 0.358 e. The molecule has 27 heavy (non-hydrogen) atoms. The van der Waals surface area contributed by atoms with E-state index in [2.05, 4.69) is 10.1 Å². The van der Waals surface area contributed by atoms with Crippen molar-refractivity contribution in [3.8, 4) is 11.6 Å². The Balaban J connectivity index is 1.84. The van der Waals surface area contributed by atoms with Gasteiger partial charge in [0.05, 0.1) is 17.8 Å². The van der Waals surface area contributed by atoms with E-state index in [0.717, 1.165) is 11.4 Å². The van der Waals surface area contributed by atoms with E-state index < -0.39 is 5.97 Å². The fourth-order valence-electron chi connectivity index (χ4n) is 2.63. The predicted molar refractivity (Wildman–Crippen MR) is 103 cm³/mol. The van der Waals surface area contributed by atoms with Crippen molar-refractivity contribution in [2.45, 2.75) is 20.5 Å². The van der Waals surface area contributed by atoms with Crippen LogP contribution in [-0.2, 0) is 11.3 Å². The lowest BCUT2D eigenvalue weighted by molar-refractivity contribution is 0.0463. The molecule has 8 heteroatoms. The summed E-state index contributed by atoms with van der Waals surface area (Å²) in [7, 11) is 1.53. The van der Waals surface area contributed by atoms with E-state index in [1.807, 2.05) is 19.9 Å².